The van der Waals surface area contributed by atoms with Crippen molar-refractivity contribution in [2.45, 2.75) is 47.2 Å². The first-order chi connectivity index (χ1) is 15.9. The number of fused-ring (bicyclic) bond motifs is 5. The average molecular weight is 479 g/mol. The van der Waals surface area contributed by atoms with Gasteiger partial charge in [0.2, 0.25) is 0 Å². The number of halogens is 3. The highest BCUT2D eigenvalue weighted by atomic mass is 32.1. The number of aryl methyl sites for hydroxylation is 2. The Morgan fingerprint density at radius 1 is 0.794 bits per heavy atom. The Kier molecular flexibility index (Phi) is 5.21. The van der Waals surface area contributed by atoms with Crippen LogP contribution >= 0.6 is 11.3 Å². The lowest BCUT2D eigenvalue weighted by Gasteiger charge is -2.18. The maximum Gasteiger partial charge on any atom is 0.435 e. The predicted octanol–water partition coefficient (Wildman–Crippen LogP) is 8.89. The van der Waals surface area contributed by atoms with E-state index in [0.717, 1.165) is 38.6 Å². The summed E-state index contributed by atoms with van der Waals surface area (Å²) in [6.45, 7) is 10.5. The predicted molar refractivity (Wildman–Crippen MR) is 135 cm³/mol. The van der Waals surface area contributed by atoms with Crippen LogP contribution in [0.25, 0.3) is 42.2 Å². The van der Waals surface area contributed by atoms with Crippen LogP contribution in [0.3, 0.4) is 0 Å². The molecule has 0 fully saturated rings. The molecule has 174 valence electrons. The summed E-state index contributed by atoms with van der Waals surface area (Å²) in [6, 6.07) is 15.9. The van der Waals surface area contributed by atoms with Gasteiger partial charge in [0, 0.05) is 21.0 Å². The lowest BCUT2D eigenvalue weighted by atomic mass is 9.87. The van der Waals surface area contributed by atoms with E-state index in [-0.39, 0.29) is 10.8 Å². The van der Waals surface area contributed by atoms with Crippen molar-refractivity contribution in [1.29, 1.82) is 0 Å². The summed E-state index contributed by atoms with van der Waals surface area (Å²) in [4.78, 5) is 0. The number of thiophene rings is 1. The molecule has 2 nitrogen and oxygen atoms in total. The standard InChI is InChI=1S/C28H25F3N2S/c1-15-10-16(2)12-19(11-15)23-25-22(26(33-32-23)28(29,30)31)21-9-7-18-13-17(14-27(3,4)5)6-8-20(18)24(21)34-25/h6-13H,14H2,1-5H3. The zero-order valence-corrected chi connectivity index (χ0v) is 20.6. The fourth-order valence-corrected chi connectivity index (χ4v) is 6.10. The first kappa shape index (κ1) is 22.8. The molecule has 0 aliphatic rings. The van der Waals surface area contributed by atoms with Gasteiger partial charge in [-0.05, 0) is 54.2 Å². The van der Waals surface area contributed by atoms with E-state index in [1.54, 1.807) is 6.07 Å². The van der Waals surface area contributed by atoms with E-state index in [0.29, 0.717) is 15.8 Å². The van der Waals surface area contributed by atoms with E-state index in [1.807, 2.05) is 44.2 Å². The molecule has 0 amide bonds. The monoisotopic (exact) mass is 478 g/mol. The van der Waals surface area contributed by atoms with Crippen LogP contribution in [0.4, 0.5) is 13.2 Å². The van der Waals surface area contributed by atoms with Gasteiger partial charge in [0.15, 0.2) is 5.69 Å². The molecule has 2 heterocycles. The van der Waals surface area contributed by atoms with Gasteiger partial charge in [-0.25, -0.2) is 0 Å². The third-order valence-electron chi connectivity index (χ3n) is 5.94. The highest BCUT2D eigenvalue weighted by Gasteiger charge is 2.37. The van der Waals surface area contributed by atoms with Crippen LogP contribution in [0.2, 0.25) is 0 Å². The maximum absolute atomic E-state index is 14.0. The van der Waals surface area contributed by atoms with Gasteiger partial charge in [-0.15, -0.1) is 21.5 Å². The zero-order chi connectivity index (χ0) is 24.4. The third-order valence-corrected chi connectivity index (χ3v) is 7.18. The number of hydrogen-bond donors (Lipinski definition) is 0. The number of hydrogen-bond acceptors (Lipinski definition) is 3. The topological polar surface area (TPSA) is 25.8 Å². The van der Waals surface area contributed by atoms with Gasteiger partial charge in [-0.2, -0.15) is 13.2 Å². The normalized spacial score (nSPS) is 12.8. The number of aromatic nitrogens is 2. The van der Waals surface area contributed by atoms with Gasteiger partial charge in [0.1, 0.15) is 5.69 Å². The highest BCUT2D eigenvalue weighted by molar-refractivity contribution is 7.27. The van der Waals surface area contributed by atoms with Crippen molar-refractivity contribution in [3.8, 4) is 11.3 Å². The van der Waals surface area contributed by atoms with Gasteiger partial charge >= 0.3 is 6.18 Å². The van der Waals surface area contributed by atoms with Crippen LogP contribution in [0.5, 0.6) is 0 Å². The summed E-state index contributed by atoms with van der Waals surface area (Å²) in [7, 11) is 0. The van der Waals surface area contributed by atoms with Crippen molar-refractivity contribution in [2.24, 2.45) is 5.41 Å². The molecule has 0 spiro atoms. The Morgan fingerprint density at radius 3 is 2.12 bits per heavy atom. The second-order valence-corrected chi connectivity index (χ2v) is 11.3. The molecule has 34 heavy (non-hydrogen) atoms. The maximum atomic E-state index is 14.0. The summed E-state index contributed by atoms with van der Waals surface area (Å²) in [5.41, 5.74) is 3.78. The van der Waals surface area contributed by atoms with Crippen LogP contribution in [-0.2, 0) is 12.6 Å². The fraction of sp³-hybridized carbons (Fsp3) is 0.286. The average Bonchev–Trinajstić information content (AvgIpc) is 3.10. The zero-order valence-electron chi connectivity index (χ0n) is 19.8. The van der Waals surface area contributed by atoms with E-state index in [1.165, 1.54) is 16.9 Å². The van der Waals surface area contributed by atoms with Crippen LogP contribution in [0.15, 0.2) is 48.5 Å². The molecule has 3 aromatic carbocycles. The molecule has 0 unspecified atom stereocenters. The van der Waals surface area contributed by atoms with E-state index in [9.17, 15) is 13.2 Å². The van der Waals surface area contributed by atoms with E-state index < -0.39 is 11.9 Å². The van der Waals surface area contributed by atoms with Crippen molar-refractivity contribution in [1.82, 2.24) is 10.2 Å². The van der Waals surface area contributed by atoms with Crippen LogP contribution < -0.4 is 0 Å². The summed E-state index contributed by atoms with van der Waals surface area (Å²) in [6.07, 6.45) is -3.66. The van der Waals surface area contributed by atoms with Crippen molar-refractivity contribution in [3.63, 3.8) is 0 Å². The number of benzene rings is 3. The SMILES string of the molecule is Cc1cc(C)cc(-c2nnc(C(F)(F)F)c3c2sc2c4ccc(CC(C)(C)C)cc4ccc23)c1. The molecule has 0 bridgehead atoms. The second-order valence-electron chi connectivity index (χ2n) is 10.3. The summed E-state index contributed by atoms with van der Waals surface area (Å²) < 4.78 is 43.4. The van der Waals surface area contributed by atoms with E-state index in [4.69, 9.17) is 0 Å². The third kappa shape index (κ3) is 4.05. The van der Waals surface area contributed by atoms with Gasteiger partial charge in [-0.3, -0.25) is 0 Å². The van der Waals surface area contributed by atoms with Crippen molar-refractivity contribution in [3.05, 3.63) is 70.9 Å². The summed E-state index contributed by atoms with van der Waals surface area (Å²) in [5, 5.41) is 10.5. The lowest BCUT2D eigenvalue weighted by molar-refractivity contribution is -0.140. The molecule has 0 saturated carbocycles. The molecule has 0 aliphatic carbocycles. The highest BCUT2D eigenvalue weighted by Crippen LogP contribution is 2.46. The van der Waals surface area contributed by atoms with Gasteiger partial charge in [0.25, 0.3) is 0 Å². The van der Waals surface area contributed by atoms with Crippen molar-refractivity contribution < 1.29 is 13.2 Å². The minimum atomic E-state index is -4.59. The summed E-state index contributed by atoms with van der Waals surface area (Å²) >= 11 is 1.37. The molecule has 0 N–H and O–H groups in total. The largest absolute Gasteiger partial charge is 0.435 e. The molecule has 0 atom stereocenters. The Bertz CT molecular complexity index is 1550. The van der Waals surface area contributed by atoms with Gasteiger partial charge in [0.05, 0.1) is 4.70 Å². The van der Waals surface area contributed by atoms with Crippen LogP contribution in [0, 0.1) is 19.3 Å². The quantitative estimate of drug-likeness (QED) is 0.253. The molecule has 5 aromatic rings. The van der Waals surface area contributed by atoms with Crippen LogP contribution in [-0.4, -0.2) is 10.2 Å². The second kappa shape index (κ2) is 7.77. The minimum absolute atomic E-state index is 0.136. The van der Waals surface area contributed by atoms with Gasteiger partial charge in [-0.1, -0.05) is 68.3 Å². The first-order valence-corrected chi connectivity index (χ1v) is 12.0. The van der Waals surface area contributed by atoms with Gasteiger partial charge < -0.3 is 0 Å². The molecular weight excluding hydrogens is 453 g/mol. The Balaban J connectivity index is 1.84. The van der Waals surface area contributed by atoms with E-state index >= 15 is 0 Å². The lowest BCUT2D eigenvalue weighted by Crippen LogP contribution is -2.10. The number of nitrogens with zero attached hydrogens (tertiary/aromatic N) is 2. The molecule has 0 aliphatic heterocycles. The molecule has 2 aromatic heterocycles. The Labute approximate surface area is 200 Å². The molecular formula is C28H25F3N2S. The minimum Gasteiger partial charge on any atom is -0.164 e. The molecule has 0 saturated heterocycles. The number of alkyl halides is 3. The summed E-state index contributed by atoms with van der Waals surface area (Å²) in [5.74, 6) is 0. The van der Waals surface area contributed by atoms with Crippen LogP contribution in [0.1, 0.15) is 43.2 Å². The molecule has 5 rings (SSSR count). The Hall–Kier alpha value is -2.99. The Morgan fingerprint density at radius 2 is 1.47 bits per heavy atom. The van der Waals surface area contributed by atoms with Crippen molar-refractivity contribution >= 4 is 42.3 Å². The van der Waals surface area contributed by atoms with E-state index in [2.05, 4.69) is 43.1 Å². The van der Waals surface area contributed by atoms with Crippen molar-refractivity contribution in [2.75, 3.05) is 0 Å². The number of rotatable bonds is 2. The first-order valence-electron chi connectivity index (χ1n) is 11.2. The molecule has 0 radical (unpaired) electrons. The fourth-order valence-electron chi connectivity index (χ4n) is 4.75. The molecule has 6 heteroatoms. The smallest absolute Gasteiger partial charge is 0.164 e.